The molecule has 106 valence electrons. The van der Waals surface area contributed by atoms with Crippen LogP contribution in [0.25, 0.3) is 11.1 Å². The Morgan fingerprint density at radius 2 is 1.70 bits per heavy atom. The number of rotatable bonds is 5. The summed E-state index contributed by atoms with van der Waals surface area (Å²) in [5, 5.41) is 3.62. The molecule has 0 aliphatic heterocycles. The topological polar surface area (TPSA) is 30.5 Å². The predicted octanol–water partition coefficient (Wildman–Crippen LogP) is 3.74. The van der Waals surface area contributed by atoms with Crippen LogP contribution >= 0.6 is 11.6 Å². The lowest BCUT2D eigenvalue weighted by molar-refractivity contribution is 0.396. The highest BCUT2D eigenvalue weighted by molar-refractivity contribution is 6.34. The molecule has 0 amide bonds. The highest BCUT2D eigenvalue weighted by Crippen LogP contribution is 2.41. The van der Waals surface area contributed by atoms with E-state index in [2.05, 4.69) is 29.6 Å². The Labute approximate surface area is 124 Å². The van der Waals surface area contributed by atoms with Crippen molar-refractivity contribution < 1.29 is 9.47 Å². The van der Waals surface area contributed by atoms with Crippen molar-refractivity contribution in [2.45, 2.75) is 6.54 Å². The Balaban J connectivity index is 2.44. The molecule has 2 aromatic carbocycles. The SMILES string of the molecule is CNCc1ccc(-c2ccc(OC)c(Cl)c2OC)cc1. The molecule has 4 heteroatoms. The van der Waals surface area contributed by atoms with E-state index in [0.717, 1.165) is 17.7 Å². The average Bonchev–Trinajstić information content (AvgIpc) is 2.48. The van der Waals surface area contributed by atoms with Crippen LogP contribution < -0.4 is 14.8 Å². The van der Waals surface area contributed by atoms with E-state index in [1.807, 2.05) is 19.2 Å². The summed E-state index contributed by atoms with van der Waals surface area (Å²) in [7, 11) is 5.13. The largest absolute Gasteiger partial charge is 0.495 e. The van der Waals surface area contributed by atoms with E-state index in [9.17, 15) is 0 Å². The number of halogens is 1. The van der Waals surface area contributed by atoms with E-state index in [0.29, 0.717) is 16.5 Å². The first-order chi connectivity index (χ1) is 9.71. The van der Waals surface area contributed by atoms with Crippen molar-refractivity contribution in [3.8, 4) is 22.6 Å². The molecule has 3 nitrogen and oxygen atoms in total. The highest BCUT2D eigenvalue weighted by Gasteiger charge is 2.14. The number of methoxy groups -OCH3 is 2. The van der Waals surface area contributed by atoms with E-state index < -0.39 is 0 Å². The summed E-state index contributed by atoms with van der Waals surface area (Å²) in [6.45, 7) is 0.848. The molecule has 0 aromatic heterocycles. The van der Waals surface area contributed by atoms with Crippen LogP contribution in [-0.2, 0) is 6.54 Å². The molecular weight excluding hydrogens is 274 g/mol. The van der Waals surface area contributed by atoms with Crippen molar-refractivity contribution in [3.63, 3.8) is 0 Å². The maximum Gasteiger partial charge on any atom is 0.149 e. The zero-order chi connectivity index (χ0) is 14.5. The molecular formula is C16H18ClNO2. The first-order valence-electron chi connectivity index (χ1n) is 6.35. The standard InChI is InChI=1S/C16H18ClNO2/c1-18-10-11-4-6-12(7-5-11)13-8-9-14(19-2)15(17)16(13)20-3/h4-9,18H,10H2,1-3H3. The van der Waals surface area contributed by atoms with Crippen LogP contribution in [0.1, 0.15) is 5.56 Å². The van der Waals surface area contributed by atoms with Gasteiger partial charge >= 0.3 is 0 Å². The molecule has 20 heavy (non-hydrogen) atoms. The molecule has 0 spiro atoms. The lowest BCUT2D eigenvalue weighted by Crippen LogP contribution is -2.04. The monoisotopic (exact) mass is 291 g/mol. The smallest absolute Gasteiger partial charge is 0.149 e. The van der Waals surface area contributed by atoms with Crippen LogP contribution in [0.5, 0.6) is 11.5 Å². The highest BCUT2D eigenvalue weighted by atomic mass is 35.5. The van der Waals surface area contributed by atoms with Gasteiger partial charge in [0.05, 0.1) is 14.2 Å². The zero-order valence-electron chi connectivity index (χ0n) is 11.9. The quantitative estimate of drug-likeness (QED) is 0.910. The Kier molecular flexibility index (Phi) is 4.88. The molecule has 2 aromatic rings. The molecule has 1 N–H and O–H groups in total. The minimum Gasteiger partial charge on any atom is -0.495 e. The van der Waals surface area contributed by atoms with Crippen LogP contribution in [0.3, 0.4) is 0 Å². The van der Waals surface area contributed by atoms with Crippen LogP contribution in [0.2, 0.25) is 5.02 Å². The third-order valence-corrected chi connectivity index (χ3v) is 3.49. The average molecular weight is 292 g/mol. The van der Waals surface area contributed by atoms with Gasteiger partial charge in [-0.2, -0.15) is 0 Å². The lowest BCUT2D eigenvalue weighted by atomic mass is 10.0. The second-order valence-electron chi connectivity index (χ2n) is 4.39. The molecule has 0 saturated heterocycles. The van der Waals surface area contributed by atoms with Gasteiger partial charge in [0.1, 0.15) is 16.5 Å². The molecule has 0 unspecified atom stereocenters. The van der Waals surface area contributed by atoms with Gasteiger partial charge in [-0.3, -0.25) is 0 Å². The van der Waals surface area contributed by atoms with Gasteiger partial charge in [-0.05, 0) is 30.3 Å². The molecule has 0 aliphatic carbocycles. The number of benzene rings is 2. The van der Waals surface area contributed by atoms with E-state index in [4.69, 9.17) is 21.1 Å². The Morgan fingerprint density at radius 3 is 2.25 bits per heavy atom. The van der Waals surface area contributed by atoms with Crippen molar-refractivity contribution in [1.82, 2.24) is 5.32 Å². The van der Waals surface area contributed by atoms with Gasteiger partial charge < -0.3 is 14.8 Å². The summed E-state index contributed by atoms with van der Waals surface area (Å²) in [5.41, 5.74) is 3.25. The summed E-state index contributed by atoms with van der Waals surface area (Å²) in [5.74, 6) is 1.24. The van der Waals surface area contributed by atoms with Gasteiger partial charge in [-0.15, -0.1) is 0 Å². The maximum atomic E-state index is 6.29. The van der Waals surface area contributed by atoms with Gasteiger partial charge in [-0.1, -0.05) is 35.9 Å². The van der Waals surface area contributed by atoms with E-state index in [1.165, 1.54) is 5.56 Å². The van der Waals surface area contributed by atoms with Crippen molar-refractivity contribution in [1.29, 1.82) is 0 Å². The molecule has 0 heterocycles. The first-order valence-corrected chi connectivity index (χ1v) is 6.73. The number of hydrogen-bond acceptors (Lipinski definition) is 3. The minimum atomic E-state index is 0.492. The molecule has 0 radical (unpaired) electrons. The Hall–Kier alpha value is -1.71. The normalized spacial score (nSPS) is 10.4. The Morgan fingerprint density at radius 1 is 1.00 bits per heavy atom. The van der Waals surface area contributed by atoms with Crippen molar-refractivity contribution >= 4 is 11.6 Å². The first kappa shape index (κ1) is 14.7. The summed E-state index contributed by atoms with van der Waals surface area (Å²) in [6, 6.07) is 12.1. The van der Waals surface area contributed by atoms with Crippen molar-refractivity contribution in [2.24, 2.45) is 0 Å². The van der Waals surface area contributed by atoms with E-state index in [-0.39, 0.29) is 0 Å². The fourth-order valence-electron chi connectivity index (χ4n) is 2.13. The van der Waals surface area contributed by atoms with Gasteiger partial charge in [-0.25, -0.2) is 0 Å². The van der Waals surface area contributed by atoms with Crippen LogP contribution in [0, 0.1) is 0 Å². The summed E-state index contributed by atoms with van der Waals surface area (Å²) < 4.78 is 10.6. The van der Waals surface area contributed by atoms with Gasteiger partial charge in [0, 0.05) is 12.1 Å². The lowest BCUT2D eigenvalue weighted by Gasteiger charge is -2.13. The molecule has 0 fully saturated rings. The minimum absolute atomic E-state index is 0.492. The summed E-state index contributed by atoms with van der Waals surface area (Å²) in [6.07, 6.45) is 0. The number of hydrogen-bond donors (Lipinski definition) is 1. The fourth-order valence-corrected chi connectivity index (χ4v) is 2.45. The summed E-state index contributed by atoms with van der Waals surface area (Å²) in [4.78, 5) is 0. The van der Waals surface area contributed by atoms with Gasteiger partial charge in [0.15, 0.2) is 0 Å². The van der Waals surface area contributed by atoms with E-state index >= 15 is 0 Å². The number of nitrogens with one attached hydrogen (secondary N) is 1. The van der Waals surface area contributed by atoms with Crippen LogP contribution in [0.15, 0.2) is 36.4 Å². The van der Waals surface area contributed by atoms with Crippen LogP contribution in [-0.4, -0.2) is 21.3 Å². The zero-order valence-corrected chi connectivity index (χ0v) is 12.6. The molecule has 0 saturated carbocycles. The summed E-state index contributed by atoms with van der Waals surface area (Å²) >= 11 is 6.29. The van der Waals surface area contributed by atoms with Crippen molar-refractivity contribution in [2.75, 3.05) is 21.3 Å². The van der Waals surface area contributed by atoms with Gasteiger partial charge in [0.25, 0.3) is 0 Å². The number of ether oxygens (including phenoxy) is 2. The fraction of sp³-hybridized carbons (Fsp3) is 0.250. The van der Waals surface area contributed by atoms with Crippen LogP contribution in [0.4, 0.5) is 0 Å². The third kappa shape index (κ3) is 2.89. The maximum absolute atomic E-state index is 6.29. The van der Waals surface area contributed by atoms with E-state index in [1.54, 1.807) is 14.2 Å². The van der Waals surface area contributed by atoms with Crippen molar-refractivity contribution in [3.05, 3.63) is 47.0 Å². The van der Waals surface area contributed by atoms with Gasteiger partial charge in [0.2, 0.25) is 0 Å². The molecule has 0 atom stereocenters. The molecule has 0 aliphatic rings. The second-order valence-corrected chi connectivity index (χ2v) is 4.77. The Bertz CT molecular complexity index is 582. The molecule has 2 rings (SSSR count). The molecule has 0 bridgehead atoms. The predicted molar refractivity (Wildman–Crippen MR) is 82.8 cm³/mol. The third-order valence-electron chi connectivity index (χ3n) is 3.13. The second kappa shape index (κ2) is 6.64.